The predicted octanol–water partition coefficient (Wildman–Crippen LogP) is 5.04. The number of unbranched alkanes of at least 4 members (excludes halogenated alkanes) is 4. The average Bonchev–Trinajstić information content (AvgIpc) is 2.38. The van der Waals surface area contributed by atoms with Gasteiger partial charge >= 0.3 is 0 Å². The molecule has 0 heterocycles. The van der Waals surface area contributed by atoms with Gasteiger partial charge in [-0.25, -0.2) is 0 Å². The normalized spacial score (nSPS) is 16.9. The second-order valence-corrected chi connectivity index (χ2v) is 5.89. The molecule has 1 aliphatic rings. The summed E-state index contributed by atoms with van der Waals surface area (Å²) in [7, 11) is 0. The van der Waals surface area contributed by atoms with Crippen molar-refractivity contribution >= 4 is 5.78 Å². The molecule has 1 fully saturated rings. The van der Waals surface area contributed by atoms with E-state index >= 15 is 0 Å². The van der Waals surface area contributed by atoms with E-state index in [9.17, 15) is 4.79 Å². The van der Waals surface area contributed by atoms with Crippen LogP contribution < -0.4 is 0 Å². The number of benzene rings is 1. The monoisotopic (exact) mass is 258 g/mol. The van der Waals surface area contributed by atoms with Gasteiger partial charge in [-0.1, -0.05) is 69.4 Å². The van der Waals surface area contributed by atoms with Crippen LogP contribution in [-0.2, 0) is 10.2 Å². The first kappa shape index (κ1) is 14.3. The molecule has 19 heavy (non-hydrogen) atoms. The third-order valence-electron chi connectivity index (χ3n) is 4.57. The fourth-order valence-corrected chi connectivity index (χ4v) is 3.14. The summed E-state index contributed by atoms with van der Waals surface area (Å²) in [6, 6.07) is 10.4. The van der Waals surface area contributed by atoms with Crippen LogP contribution in [0.4, 0.5) is 0 Å². The van der Waals surface area contributed by atoms with E-state index in [1.807, 2.05) is 6.07 Å². The Morgan fingerprint density at radius 2 is 1.74 bits per heavy atom. The molecule has 1 heteroatoms. The molecule has 0 amide bonds. The van der Waals surface area contributed by atoms with Crippen LogP contribution in [0.25, 0.3) is 0 Å². The van der Waals surface area contributed by atoms with E-state index in [4.69, 9.17) is 0 Å². The summed E-state index contributed by atoms with van der Waals surface area (Å²) < 4.78 is 0. The first-order valence-electron chi connectivity index (χ1n) is 7.88. The zero-order chi connectivity index (χ0) is 13.6. The Morgan fingerprint density at radius 3 is 2.32 bits per heavy atom. The molecular weight excluding hydrogens is 232 g/mol. The van der Waals surface area contributed by atoms with Gasteiger partial charge in [0.1, 0.15) is 5.78 Å². The van der Waals surface area contributed by atoms with Gasteiger partial charge in [0.05, 0.1) is 5.41 Å². The Balaban J connectivity index is 1.89. The summed E-state index contributed by atoms with van der Waals surface area (Å²) in [5, 5.41) is 0. The molecule has 0 aliphatic heterocycles. The zero-order valence-electron chi connectivity index (χ0n) is 12.2. The highest BCUT2D eigenvalue weighted by Crippen LogP contribution is 2.45. The first-order chi connectivity index (χ1) is 9.29. The Bertz CT molecular complexity index is 389. The fourth-order valence-electron chi connectivity index (χ4n) is 3.14. The minimum Gasteiger partial charge on any atom is -0.299 e. The second-order valence-electron chi connectivity index (χ2n) is 5.89. The Hall–Kier alpha value is -1.11. The topological polar surface area (TPSA) is 17.1 Å². The summed E-state index contributed by atoms with van der Waals surface area (Å²) in [5.74, 6) is 0.487. The molecule has 0 spiro atoms. The molecular formula is C18H26O. The van der Waals surface area contributed by atoms with E-state index in [0.717, 1.165) is 25.7 Å². The number of hydrogen-bond acceptors (Lipinski definition) is 1. The van der Waals surface area contributed by atoms with Gasteiger partial charge < -0.3 is 0 Å². The lowest BCUT2D eigenvalue weighted by atomic mass is 9.61. The Labute approximate surface area is 117 Å². The van der Waals surface area contributed by atoms with Gasteiger partial charge in [-0.05, 0) is 24.8 Å². The maximum atomic E-state index is 12.6. The SMILES string of the molecule is CCCCCCCC(=O)C1(c2ccccc2)CCC1. The third kappa shape index (κ3) is 3.26. The Morgan fingerprint density at radius 1 is 1.05 bits per heavy atom. The highest BCUT2D eigenvalue weighted by atomic mass is 16.1. The average molecular weight is 258 g/mol. The van der Waals surface area contributed by atoms with Gasteiger partial charge in [-0.15, -0.1) is 0 Å². The highest BCUT2D eigenvalue weighted by molar-refractivity contribution is 5.91. The van der Waals surface area contributed by atoms with Crippen LogP contribution in [0.15, 0.2) is 30.3 Å². The van der Waals surface area contributed by atoms with Crippen LogP contribution >= 0.6 is 0 Å². The smallest absolute Gasteiger partial charge is 0.143 e. The summed E-state index contributed by atoms with van der Waals surface area (Å²) in [6.07, 6.45) is 10.2. The zero-order valence-corrected chi connectivity index (χ0v) is 12.2. The number of hydrogen-bond donors (Lipinski definition) is 0. The van der Waals surface area contributed by atoms with Crippen molar-refractivity contribution in [3.05, 3.63) is 35.9 Å². The lowest BCUT2D eigenvalue weighted by molar-refractivity contribution is -0.127. The third-order valence-corrected chi connectivity index (χ3v) is 4.57. The van der Waals surface area contributed by atoms with E-state index in [1.54, 1.807) is 0 Å². The summed E-state index contributed by atoms with van der Waals surface area (Å²) in [6.45, 7) is 2.23. The van der Waals surface area contributed by atoms with Crippen molar-refractivity contribution in [3.63, 3.8) is 0 Å². The predicted molar refractivity (Wildman–Crippen MR) is 80.4 cm³/mol. The van der Waals surface area contributed by atoms with Gasteiger partial charge in [0.15, 0.2) is 0 Å². The van der Waals surface area contributed by atoms with Gasteiger partial charge in [0, 0.05) is 6.42 Å². The quantitative estimate of drug-likeness (QED) is 0.597. The maximum absolute atomic E-state index is 12.6. The molecule has 0 radical (unpaired) electrons. The minimum absolute atomic E-state index is 0.119. The highest BCUT2D eigenvalue weighted by Gasteiger charge is 2.44. The number of ketones is 1. The molecule has 2 rings (SSSR count). The lowest BCUT2D eigenvalue weighted by Gasteiger charge is -2.41. The van der Waals surface area contributed by atoms with E-state index in [1.165, 1.54) is 37.7 Å². The van der Waals surface area contributed by atoms with Crippen molar-refractivity contribution < 1.29 is 4.79 Å². The molecule has 0 aromatic heterocycles. The molecule has 1 aromatic carbocycles. The van der Waals surface area contributed by atoms with E-state index in [2.05, 4.69) is 31.2 Å². The van der Waals surface area contributed by atoms with E-state index in [-0.39, 0.29) is 5.41 Å². The fraction of sp³-hybridized carbons (Fsp3) is 0.611. The van der Waals surface area contributed by atoms with Crippen LogP contribution in [0, 0.1) is 0 Å². The van der Waals surface area contributed by atoms with Crippen molar-refractivity contribution in [2.45, 2.75) is 70.1 Å². The number of Topliss-reactive ketones (excluding diaryl/α,β-unsaturated/α-hetero) is 1. The van der Waals surface area contributed by atoms with E-state index in [0.29, 0.717) is 5.78 Å². The minimum atomic E-state index is -0.119. The van der Waals surface area contributed by atoms with Crippen LogP contribution in [-0.4, -0.2) is 5.78 Å². The Kier molecular flexibility index (Phi) is 5.18. The molecule has 1 saturated carbocycles. The molecule has 1 nitrogen and oxygen atoms in total. The van der Waals surface area contributed by atoms with Crippen molar-refractivity contribution in [2.24, 2.45) is 0 Å². The number of carbonyl (C=O) groups excluding carboxylic acids is 1. The molecule has 1 aromatic rings. The molecule has 0 bridgehead atoms. The molecule has 0 saturated heterocycles. The van der Waals surface area contributed by atoms with Gasteiger partial charge in [0.25, 0.3) is 0 Å². The van der Waals surface area contributed by atoms with Gasteiger partial charge in [-0.3, -0.25) is 4.79 Å². The van der Waals surface area contributed by atoms with Crippen LogP contribution in [0.2, 0.25) is 0 Å². The van der Waals surface area contributed by atoms with Crippen LogP contribution in [0.3, 0.4) is 0 Å². The second kappa shape index (κ2) is 6.88. The number of rotatable bonds is 8. The maximum Gasteiger partial charge on any atom is 0.143 e. The van der Waals surface area contributed by atoms with Gasteiger partial charge in [-0.2, -0.15) is 0 Å². The van der Waals surface area contributed by atoms with E-state index < -0.39 is 0 Å². The van der Waals surface area contributed by atoms with Gasteiger partial charge in [0.2, 0.25) is 0 Å². The summed E-state index contributed by atoms with van der Waals surface area (Å²) >= 11 is 0. The van der Waals surface area contributed by atoms with Crippen molar-refractivity contribution in [3.8, 4) is 0 Å². The van der Waals surface area contributed by atoms with Crippen LogP contribution in [0.1, 0.15) is 70.3 Å². The molecule has 0 atom stereocenters. The molecule has 0 unspecified atom stereocenters. The molecule has 0 N–H and O–H groups in total. The largest absolute Gasteiger partial charge is 0.299 e. The molecule has 1 aliphatic carbocycles. The van der Waals surface area contributed by atoms with Crippen molar-refractivity contribution in [1.82, 2.24) is 0 Å². The molecule has 104 valence electrons. The number of carbonyl (C=O) groups is 1. The first-order valence-corrected chi connectivity index (χ1v) is 7.88. The summed E-state index contributed by atoms with van der Waals surface area (Å²) in [5.41, 5.74) is 1.13. The standard InChI is InChI=1S/C18H26O/c1-2-3-4-5-9-13-17(19)18(14-10-15-18)16-11-7-6-8-12-16/h6-8,11-12H,2-5,9-10,13-15H2,1H3. The summed E-state index contributed by atoms with van der Waals surface area (Å²) in [4.78, 5) is 12.6. The van der Waals surface area contributed by atoms with Crippen molar-refractivity contribution in [2.75, 3.05) is 0 Å². The lowest BCUT2D eigenvalue weighted by Crippen LogP contribution is -2.42. The van der Waals surface area contributed by atoms with Crippen molar-refractivity contribution in [1.29, 1.82) is 0 Å². The van der Waals surface area contributed by atoms with Crippen LogP contribution in [0.5, 0.6) is 0 Å².